The summed E-state index contributed by atoms with van der Waals surface area (Å²) in [6.45, 7) is 0. The van der Waals surface area contributed by atoms with Gasteiger partial charge in [0.1, 0.15) is 5.82 Å². The summed E-state index contributed by atoms with van der Waals surface area (Å²) in [7, 11) is 1.71. The summed E-state index contributed by atoms with van der Waals surface area (Å²) in [4.78, 5) is 16.7. The Kier molecular flexibility index (Phi) is 3.49. The molecule has 0 saturated carbocycles. The van der Waals surface area contributed by atoms with Gasteiger partial charge in [0.25, 0.3) is 5.56 Å². The first-order valence-corrected chi connectivity index (χ1v) is 2.55. The number of nitrogens with one attached hydrogen (secondary N) is 2. The first kappa shape index (κ1) is 8.97. The summed E-state index contributed by atoms with van der Waals surface area (Å²) in [5, 5.41) is 2.74. The van der Waals surface area contributed by atoms with Gasteiger partial charge in [0.05, 0.1) is 6.33 Å². The summed E-state index contributed by atoms with van der Waals surface area (Å²) in [5.74, 6) is 0.582. The Morgan fingerprint density at radius 1 is 1.70 bits per heavy atom. The second-order valence-corrected chi connectivity index (χ2v) is 1.55. The maximum absolute atomic E-state index is 10.5. The summed E-state index contributed by atoms with van der Waals surface area (Å²) in [6, 6.07) is 1.39. The van der Waals surface area contributed by atoms with E-state index in [-0.39, 0.29) is 18.0 Å². The van der Waals surface area contributed by atoms with Crippen molar-refractivity contribution in [2.75, 3.05) is 12.4 Å². The van der Waals surface area contributed by atoms with Gasteiger partial charge in [0.2, 0.25) is 0 Å². The monoisotopic (exact) mass is 161 g/mol. The van der Waals surface area contributed by atoms with Crippen LogP contribution in [0.3, 0.4) is 0 Å². The smallest absolute Gasteiger partial charge is 0.252 e. The van der Waals surface area contributed by atoms with Gasteiger partial charge in [-0.3, -0.25) is 4.79 Å². The maximum Gasteiger partial charge on any atom is 0.252 e. The SMILES string of the molecule is CNc1cc(=O)[nH]cn1.Cl. The number of nitrogens with zero attached hydrogens (tertiary/aromatic N) is 1. The van der Waals surface area contributed by atoms with E-state index in [9.17, 15) is 4.79 Å². The fourth-order valence-electron chi connectivity index (χ4n) is 0.505. The third kappa shape index (κ3) is 2.06. The van der Waals surface area contributed by atoms with Crippen LogP contribution < -0.4 is 10.9 Å². The molecule has 5 heteroatoms. The quantitative estimate of drug-likeness (QED) is 0.620. The van der Waals surface area contributed by atoms with Gasteiger partial charge in [0, 0.05) is 13.1 Å². The van der Waals surface area contributed by atoms with Crippen LogP contribution in [-0.4, -0.2) is 17.0 Å². The molecule has 1 aromatic heterocycles. The Labute approximate surface area is 64.1 Å². The number of anilines is 1. The van der Waals surface area contributed by atoms with Gasteiger partial charge in [-0.2, -0.15) is 0 Å². The fraction of sp³-hybridized carbons (Fsp3) is 0.200. The normalized spacial score (nSPS) is 8.10. The standard InChI is InChI=1S/C5H7N3O.ClH/c1-6-4-2-5(9)8-3-7-4;/h2-3H,1H3,(H2,6,7,8,9);1H. The van der Waals surface area contributed by atoms with E-state index in [2.05, 4.69) is 15.3 Å². The lowest BCUT2D eigenvalue weighted by Crippen LogP contribution is -2.05. The number of hydrogen-bond acceptors (Lipinski definition) is 3. The van der Waals surface area contributed by atoms with Gasteiger partial charge in [0.15, 0.2) is 0 Å². The van der Waals surface area contributed by atoms with Gasteiger partial charge in [-0.05, 0) is 0 Å². The third-order valence-corrected chi connectivity index (χ3v) is 0.934. The molecule has 10 heavy (non-hydrogen) atoms. The molecule has 0 aliphatic rings. The molecule has 2 N–H and O–H groups in total. The van der Waals surface area contributed by atoms with Crippen molar-refractivity contribution in [3.05, 3.63) is 22.7 Å². The third-order valence-electron chi connectivity index (χ3n) is 0.934. The zero-order valence-corrected chi connectivity index (χ0v) is 6.23. The van der Waals surface area contributed by atoms with Crippen molar-refractivity contribution >= 4 is 18.2 Å². The Hall–Kier alpha value is -1.03. The molecule has 56 valence electrons. The maximum atomic E-state index is 10.5. The highest BCUT2D eigenvalue weighted by Gasteiger charge is 1.86. The molecule has 0 spiro atoms. The van der Waals surface area contributed by atoms with Crippen LogP contribution in [0.2, 0.25) is 0 Å². The molecular formula is C5H8ClN3O. The second kappa shape index (κ2) is 3.90. The lowest BCUT2D eigenvalue weighted by Gasteiger charge is -1.92. The minimum absolute atomic E-state index is 0. The zero-order valence-electron chi connectivity index (χ0n) is 5.42. The van der Waals surface area contributed by atoms with Crippen molar-refractivity contribution in [3.8, 4) is 0 Å². The van der Waals surface area contributed by atoms with Crippen LogP contribution in [0, 0.1) is 0 Å². The van der Waals surface area contributed by atoms with Gasteiger partial charge >= 0.3 is 0 Å². The molecule has 0 unspecified atom stereocenters. The zero-order chi connectivity index (χ0) is 6.69. The van der Waals surface area contributed by atoms with E-state index in [1.165, 1.54) is 12.4 Å². The number of H-pyrrole nitrogens is 1. The number of aromatic amines is 1. The van der Waals surface area contributed by atoms with Crippen molar-refractivity contribution in [2.45, 2.75) is 0 Å². The average Bonchev–Trinajstić information content (AvgIpc) is 1.88. The lowest BCUT2D eigenvalue weighted by molar-refractivity contribution is 1.11. The predicted molar refractivity (Wildman–Crippen MR) is 41.7 cm³/mol. The number of aromatic nitrogens is 2. The van der Waals surface area contributed by atoms with Crippen molar-refractivity contribution in [1.29, 1.82) is 0 Å². The Bertz CT molecular complexity index is 247. The van der Waals surface area contributed by atoms with Crippen molar-refractivity contribution in [3.63, 3.8) is 0 Å². The van der Waals surface area contributed by atoms with Crippen molar-refractivity contribution < 1.29 is 0 Å². The number of hydrogen-bond donors (Lipinski definition) is 2. The minimum atomic E-state index is -0.144. The predicted octanol–water partition coefficient (Wildman–Crippen LogP) is 0.233. The van der Waals surface area contributed by atoms with E-state index >= 15 is 0 Å². The van der Waals surface area contributed by atoms with Crippen LogP contribution in [0.1, 0.15) is 0 Å². The van der Waals surface area contributed by atoms with Crippen LogP contribution in [0.5, 0.6) is 0 Å². The molecule has 0 bridgehead atoms. The molecule has 1 heterocycles. The highest BCUT2D eigenvalue weighted by Crippen LogP contribution is 1.89. The molecule has 0 atom stereocenters. The van der Waals surface area contributed by atoms with E-state index < -0.39 is 0 Å². The number of rotatable bonds is 1. The molecule has 0 aliphatic heterocycles. The molecule has 1 rings (SSSR count). The number of halogens is 1. The van der Waals surface area contributed by atoms with Gasteiger partial charge in [-0.15, -0.1) is 12.4 Å². The topological polar surface area (TPSA) is 57.8 Å². The average molecular weight is 162 g/mol. The van der Waals surface area contributed by atoms with Crippen LogP contribution >= 0.6 is 12.4 Å². The molecule has 1 aromatic rings. The fourth-order valence-corrected chi connectivity index (χ4v) is 0.505. The summed E-state index contributed by atoms with van der Waals surface area (Å²) in [6.07, 6.45) is 1.36. The van der Waals surface area contributed by atoms with Crippen molar-refractivity contribution in [2.24, 2.45) is 0 Å². The van der Waals surface area contributed by atoms with E-state index in [0.29, 0.717) is 5.82 Å². The summed E-state index contributed by atoms with van der Waals surface area (Å²) < 4.78 is 0. The van der Waals surface area contributed by atoms with Crippen molar-refractivity contribution in [1.82, 2.24) is 9.97 Å². The van der Waals surface area contributed by atoms with E-state index in [4.69, 9.17) is 0 Å². The Morgan fingerprint density at radius 2 is 2.40 bits per heavy atom. The van der Waals surface area contributed by atoms with Crippen LogP contribution in [0.15, 0.2) is 17.2 Å². The molecule has 0 aliphatic carbocycles. The van der Waals surface area contributed by atoms with Crippen LogP contribution in [0.4, 0.5) is 5.82 Å². The van der Waals surface area contributed by atoms with Gasteiger partial charge in [-0.1, -0.05) is 0 Å². The first-order valence-electron chi connectivity index (χ1n) is 2.55. The van der Waals surface area contributed by atoms with Crippen LogP contribution in [0.25, 0.3) is 0 Å². The first-order chi connectivity index (χ1) is 4.33. The second-order valence-electron chi connectivity index (χ2n) is 1.55. The molecular weight excluding hydrogens is 154 g/mol. The highest BCUT2D eigenvalue weighted by molar-refractivity contribution is 5.85. The molecule has 0 radical (unpaired) electrons. The van der Waals surface area contributed by atoms with E-state index in [0.717, 1.165) is 0 Å². The molecule has 4 nitrogen and oxygen atoms in total. The van der Waals surface area contributed by atoms with Crippen LogP contribution in [-0.2, 0) is 0 Å². The molecule has 0 aromatic carbocycles. The summed E-state index contributed by atoms with van der Waals surface area (Å²) >= 11 is 0. The minimum Gasteiger partial charge on any atom is -0.373 e. The lowest BCUT2D eigenvalue weighted by atomic mass is 10.6. The summed E-state index contributed by atoms with van der Waals surface area (Å²) in [5.41, 5.74) is -0.144. The largest absolute Gasteiger partial charge is 0.373 e. The van der Waals surface area contributed by atoms with E-state index in [1.54, 1.807) is 7.05 Å². The van der Waals surface area contributed by atoms with Gasteiger partial charge in [-0.25, -0.2) is 4.98 Å². The molecule has 0 amide bonds. The Morgan fingerprint density at radius 3 is 2.80 bits per heavy atom. The molecule has 0 fully saturated rings. The van der Waals surface area contributed by atoms with Gasteiger partial charge < -0.3 is 10.3 Å². The Balaban J connectivity index is 0.000000810. The highest BCUT2D eigenvalue weighted by atomic mass is 35.5. The van der Waals surface area contributed by atoms with E-state index in [1.807, 2.05) is 0 Å². The molecule has 0 saturated heterocycles.